The first kappa shape index (κ1) is 16.6. The van der Waals surface area contributed by atoms with E-state index in [0.717, 1.165) is 0 Å². The largest absolute Gasteiger partial charge is 0.348 e. The summed E-state index contributed by atoms with van der Waals surface area (Å²) in [6.45, 7) is 1.81. The Kier molecular flexibility index (Phi) is 4.40. The Morgan fingerprint density at radius 1 is 1.42 bits per heavy atom. The van der Waals surface area contributed by atoms with Crippen molar-refractivity contribution in [3.8, 4) is 0 Å². The van der Waals surface area contributed by atoms with Crippen LogP contribution in [0.5, 0.6) is 0 Å². The number of carbonyl (C=O) groups excluding carboxylic acids is 1. The lowest BCUT2D eigenvalue weighted by Gasteiger charge is -2.11. The lowest BCUT2D eigenvalue weighted by atomic mass is 10.2. The number of nitrogens with zero attached hydrogens (tertiary/aromatic N) is 2. The van der Waals surface area contributed by atoms with Crippen molar-refractivity contribution in [3.05, 3.63) is 53.1 Å². The molecule has 0 bridgehead atoms. The molecule has 24 heavy (non-hydrogen) atoms. The number of carbonyl (C=O) groups is 1. The van der Waals surface area contributed by atoms with Crippen LogP contribution in [0.4, 0.5) is 4.39 Å². The zero-order valence-electron chi connectivity index (χ0n) is 13.2. The zero-order chi connectivity index (χ0) is 17.3. The van der Waals surface area contributed by atoms with Gasteiger partial charge in [-0.25, -0.2) is 12.8 Å². The van der Waals surface area contributed by atoms with Gasteiger partial charge in [-0.1, -0.05) is 18.2 Å². The van der Waals surface area contributed by atoms with Crippen LogP contribution in [-0.2, 0) is 16.4 Å². The fourth-order valence-electron chi connectivity index (χ4n) is 2.90. The van der Waals surface area contributed by atoms with Crippen LogP contribution >= 0.6 is 0 Å². The molecule has 0 spiro atoms. The highest BCUT2D eigenvalue weighted by molar-refractivity contribution is 7.91. The van der Waals surface area contributed by atoms with Gasteiger partial charge in [0.05, 0.1) is 29.3 Å². The minimum Gasteiger partial charge on any atom is -0.348 e. The van der Waals surface area contributed by atoms with Crippen molar-refractivity contribution in [2.75, 3.05) is 11.5 Å². The first-order valence-electron chi connectivity index (χ1n) is 7.63. The number of halogens is 1. The summed E-state index contributed by atoms with van der Waals surface area (Å²) in [4.78, 5) is 12.3. The fourth-order valence-corrected chi connectivity index (χ4v) is 4.59. The lowest BCUT2D eigenvalue weighted by molar-refractivity contribution is 0.0950. The summed E-state index contributed by atoms with van der Waals surface area (Å²) in [5.41, 5.74) is 1.39. The van der Waals surface area contributed by atoms with Gasteiger partial charge in [0.25, 0.3) is 5.91 Å². The van der Waals surface area contributed by atoms with E-state index in [1.807, 2.05) is 0 Å². The summed E-state index contributed by atoms with van der Waals surface area (Å²) in [6, 6.07) is 6.00. The molecule has 3 rings (SSSR count). The highest BCUT2D eigenvalue weighted by Gasteiger charge is 2.31. The van der Waals surface area contributed by atoms with Crippen LogP contribution in [0.3, 0.4) is 0 Å². The number of rotatable bonds is 4. The molecule has 8 heteroatoms. The molecule has 1 N–H and O–H groups in total. The van der Waals surface area contributed by atoms with Crippen molar-refractivity contribution < 1.29 is 17.6 Å². The van der Waals surface area contributed by atoms with Gasteiger partial charge in [-0.05, 0) is 19.4 Å². The second-order valence-electron chi connectivity index (χ2n) is 5.92. The van der Waals surface area contributed by atoms with Crippen LogP contribution in [0.1, 0.15) is 34.1 Å². The van der Waals surface area contributed by atoms with Crippen LogP contribution in [0.2, 0.25) is 0 Å². The Balaban J connectivity index is 1.71. The molecule has 0 aliphatic carbocycles. The van der Waals surface area contributed by atoms with Crippen molar-refractivity contribution in [3.63, 3.8) is 0 Å². The molecular formula is C16H18FN3O3S. The van der Waals surface area contributed by atoms with Gasteiger partial charge in [-0.2, -0.15) is 5.10 Å². The van der Waals surface area contributed by atoms with Gasteiger partial charge in [0.15, 0.2) is 9.84 Å². The van der Waals surface area contributed by atoms with E-state index >= 15 is 0 Å². The molecule has 1 aliphatic heterocycles. The standard InChI is InChI=1S/C16H18FN3O3S/c1-11-14(9-19-20(11)13-6-7-24(22,23)10-13)16(21)18-8-12-4-2-3-5-15(12)17/h2-5,9,13H,6-8,10H2,1H3,(H,18,21). The molecule has 2 aromatic rings. The molecule has 1 aromatic carbocycles. The third-order valence-corrected chi connectivity index (χ3v) is 5.99. The van der Waals surface area contributed by atoms with Crippen molar-refractivity contribution in [2.45, 2.75) is 25.9 Å². The molecule has 1 saturated heterocycles. The number of nitrogens with one attached hydrogen (secondary N) is 1. The van der Waals surface area contributed by atoms with Crippen LogP contribution in [0.25, 0.3) is 0 Å². The predicted octanol–water partition coefficient (Wildman–Crippen LogP) is 1.62. The molecule has 128 valence electrons. The van der Waals surface area contributed by atoms with E-state index in [1.54, 1.807) is 29.8 Å². The highest BCUT2D eigenvalue weighted by Crippen LogP contribution is 2.25. The van der Waals surface area contributed by atoms with Gasteiger partial charge in [0, 0.05) is 17.8 Å². The highest BCUT2D eigenvalue weighted by atomic mass is 32.2. The summed E-state index contributed by atoms with van der Waals surface area (Å²) in [5, 5.41) is 6.84. The van der Waals surface area contributed by atoms with E-state index in [4.69, 9.17) is 0 Å². The number of benzene rings is 1. The minimum atomic E-state index is -3.03. The first-order chi connectivity index (χ1) is 11.4. The van der Waals surface area contributed by atoms with Crippen LogP contribution in [0.15, 0.2) is 30.5 Å². The molecule has 1 aromatic heterocycles. The zero-order valence-corrected chi connectivity index (χ0v) is 14.0. The molecule has 0 radical (unpaired) electrons. The molecule has 1 atom stereocenters. The molecule has 0 saturated carbocycles. The van der Waals surface area contributed by atoms with Gasteiger partial charge in [-0.15, -0.1) is 0 Å². The monoisotopic (exact) mass is 351 g/mol. The van der Waals surface area contributed by atoms with E-state index in [1.165, 1.54) is 12.3 Å². The maximum absolute atomic E-state index is 13.6. The van der Waals surface area contributed by atoms with Gasteiger partial charge >= 0.3 is 0 Å². The summed E-state index contributed by atoms with van der Waals surface area (Å²) < 4.78 is 38.4. The molecule has 1 fully saturated rings. The normalized spacial score (nSPS) is 19.3. The van der Waals surface area contributed by atoms with Crippen molar-refractivity contribution in [2.24, 2.45) is 0 Å². The van der Waals surface area contributed by atoms with E-state index in [0.29, 0.717) is 23.2 Å². The van der Waals surface area contributed by atoms with E-state index in [-0.39, 0.29) is 35.8 Å². The average Bonchev–Trinajstić information content (AvgIpc) is 3.08. The number of sulfone groups is 1. The molecule has 1 amide bonds. The van der Waals surface area contributed by atoms with Crippen LogP contribution < -0.4 is 5.32 Å². The lowest BCUT2D eigenvalue weighted by Crippen LogP contribution is -2.24. The topological polar surface area (TPSA) is 81.1 Å². The molecule has 6 nitrogen and oxygen atoms in total. The quantitative estimate of drug-likeness (QED) is 0.908. The second-order valence-corrected chi connectivity index (χ2v) is 8.15. The van der Waals surface area contributed by atoms with Gasteiger partial charge < -0.3 is 5.32 Å². The van der Waals surface area contributed by atoms with Gasteiger partial charge in [-0.3, -0.25) is 9.48 Å². The Morgan fingerprint density at radius 3 is 2.83 bits per heavy atom. The maximum Gasteiger partial charge on any atom is 0.255 e. The first-order valence-corrected chi connectivity index (χ1v) is 9.45. The Hall–Kier alpha value is -2.22. The van der Waals surface area contributed by atoms with Crippen molar-refractivity contribution in [1.82, 2.24) is 15.1 Å². The number of hydrogen-bond donors (Lipinski definition) is 1. The van der Waals surface area contributed by atoms with E-state index < -0.39 is 9.84 Å². The summed E-state index contributed by atoms with van der Waals surface area (Å²) in [7, 11) is -3.03. The average molecular weight is 351 g/mol. The van der Waals surface area contributed by atoms with E-state index in [2.05, 4.69) is 10.4 Å². The predicted molar refractivity (Wildman–Crippen MR) is 86.8 cm³/mol. The summed E-state index contributed by atoms with van der Waals surface area (Å²) >= 11 is 0. The third-order valence-electron chi connectivity index (χ3n) is 4.24. The SMILES string of the molecule is Cc1c(C(=O)NCc2ccccc2F)cnn1C1CCS(=O)(=O)C1. The molecular weight excluding hydrogens is 333 g/mol. The summed E-state index contributed by atoms with van der Waals surface area (Å²) in [5.74, 6) is -0.540. The van der Waals surface area contributed by atoms with Crippen LogP contribution in [0, 0.1) is 12.7 Å². The van der Waals surface area contributed by atoms with E-state index in [9.17, 15) is 17.6 Å². The smallest absolute Gasteiger partial charge is 0.255 e. The summed E-state index contributed by atoms with van der Waals surface area (Å²) in [6.07, 6.45) is 1.93. The maximum atomic E-state index is 13.6. The Labute approximate surface area is 139 Å². The fraction of sp³-hybridized carbons (Fsp3) is 0.375. The van der Waals surface area contributed by atoms with Crippen LogP contribution in [-0.4, -0.2) is 35.6 Å². The molecule has 1 aliphatic rings. The minimum absolute atomic E-state index is 0.0474. The van der Waals surface area contributed by atoms with Gasteiger partial charge in [0.1, 0.15) is 5.82 Å². The Bertz CT molecular complexity index is 876. The molecule has 2 heterocycles. The Morgan fingerprint density at radius 2 is 2.17 bits per heavy atom. The van der Waals surface area contributed by atoms with Crippen molar-refractivity contribution in [1.29, 1.82) is 0 Å². The number of aromatic nitrogens is 2. The number of hydrogen-bond acceptors (Lipinski definition) is 4. The van der Waals surface area contributed by atoms with Crippen molar-refractivity contribution >= 4 is 15.7 Å². The third kappa shape index (κ3) is 3.33. The molecule has 1 unspecified atom stereocenters. The second kappa shape index (κ2) is 6.35. The number of amides is 1. The van der Waals surface area contributed by atoms with Gasteiger partial charge in [0.2, 0.25) is 0 Å².